The van der Waals surface area contributed by atoms with Crippen LogP contribution in [0.25, 0.3) is 0 Å². The summed E-state index contributed by atoms with van der Waals surface area (Å²) in [6, 6.07) is 14.6. The number of nitrogens with zero attached hydrogens (tertiary/aromatic N) is 2. The van der Waals surface area contributed by atoms with Crippen LogP contribution in [0, 0.1) is 11.8 Å². The number of ketones is 1. The third-order valence-electron chi connectivity index (χ3n) is 9.19. The van der Waals surface area contributed by atoms with Crippen molar-refractivity contribution in [2.75, 3.05) is 6.54 Å². The molecule has 2 aromatic carbocycles. The van der Waals surface area contributed by atoms with Gasteiger partial charge in [-0.3, -0.25) is 24.0 Å². The second-order valence-corrected chi connectivity index (χ2v) is 13.9. The van der Waals surface area contributed by atoms with Crippen molar-refractivity contribution >= 4 is 46.7 Å². The predicted molar refractivity (Wildman–Crippen MR) is 181 cm³/mol. The number of likely N-dealkylation sites (tertiary alicyclic amines) is 1. The molecule has 2 fully saturated rings. The highest BCUT2D eigenvalue weighted by molar-refractivity contribution is 6.38. The molecule has 5 rings (SSSR count). The first-order valence-electron chi connectivity index (χ1n) is 16.8. The Morgan fingerprint density at radius 1 is 1.06 bits per heavy atom. The molecular weight excluding hydrogens is 634 g/mol. The molecule has 12 heteroatoms. The maximum absolute atomic E-state index is 14.4. The van der Waals surface area contributed by atoms with Crippen LogP contribution in [0.4, 0.5) is 0 Å². The lowest BCUT2D eigenvalue weighted by Gasteiger charge is -2.30. The summed E-state index contributed by atoms with van der Waals surface area (Å²) in [6.07, 6.45) is 2.85. The van der Waals surface area contributed by atoms with E-state index in [9.17, 15) is 24.0 Å². The Hall–Kier alpha value is -4.25. The average molecular weight is 678 g/mol. The minimum atomic E-state index is -1.04. The van der Waals surface area contributed by atoms with Crippen molar-refractivity contribution in [1.29, 1.82) is 0 Å². The summed E-state index contributed by atoms with van der Waals surface area (Å²) in [5.41, 5.74) is 1.35. The number of hydrogen-bond donors (Lipinski definition) is 3. The van der Waals surface area contributed by atoms with E-state index in [-0.39, 0.29) is 49.6 Å². The summed E-state index contributed by atoms with van der Waals surface area (Å²) >= 11 is 6.23. The van der Waals surface area contributed by atoms with Crippen molar-refractivity contribution in [2.45, 2.75) is 96.0 Å². The quantitative estimate of drug-likeness (QED) is 0.259. The Kier molecular flexibility index (Phi) is 11.2. The smallest absolute Gasteiger partial charge is 0.289 e. The Morgan fingerprint density at radius 3 is 2.48 bits per heavy atom. The molecule has 1 spiro atoms. The molecule has 3 aliphatic rings. The van der Waals surface area contributed by atoms with E-state index in [0.717, 1.165) is 24.0 Å². The van der Waals surface area contributed by atoms with Crippen molar-refractivity contribution in [3.8, 4) is 0 Å². The lowest BCUT2D eigenvalue weighted by molar-refractivity contribution is -0.146. The minimum absolute atomic E-state index is 0.00621. The lowest BCUT2D eigenvalue weighted by atomic mass is 9.90. The number of amides is 4. The van der Waals surface area contributed by atoms with Gasteiger partial charge < -0.3 is 25.7 Å². The van der Waals surface area contributed by atoms with Gasteiger partial charge in [0.15, 0.2) is 5.60 Å². The summed E-state index contributed by atoms with van der Waals surface area (Å²) in [5.74, 6) is -3.56. The summed E-state index contributed by atoms with van der Waals surface area (Å²) in [5, 5.41) is 13.3. The maximum Gasteiger partial charge on any atom is 0.289 e. The number of nitrogens with one attached hydrogen (secondary N) is 3. The highest BCUT2D eigenvalue weighted by Gasteiger charge is 2.55. The van der Waals surface area contributed by atoms with E-state index >= 15 is 0 Å². The van der Waals surface area contributed by atoms with Crippen LogP contribution in [0.5, 0.6) is 0 Å². The molecule has 48 heavy (non-hydrogen) atoms. The van der Waals surface area contributed by atoms with Crippen molar-refractivity contribution in [1.82, 2.24) is 20.9 Å². The predicted octanol–water partition coefficient (Wildman–Crippen LogP) is 3.92. The topological polar surface area (TPSA) is 146 Å². The molecule has 0 radical (unpaired) electrons. The zero-order valence-electron chi connectivity index (χ0n) is 27.7. The van der Waals surface area contributed by atoms with Gasteiger partial charge in [0.1, 0.15) is 6.04 Å². The largest absolute Gasteiger partial charge is 0.387 e. The van der Waals surface area contributed by atoms with Crippen LogP contribution in [-0.4, -0.2) is 70.3 Å². The minimum Gasteiger partial charge on any atom is -0.387 e. The van der Waals surface area contributed by atoms with Gasteiger partial charge in [-0.05, 0) is 42.9 Å². The number of benzene rings is 2. The molecule has 2 aromatic rings. The molecule has 4 atom stereocenters. The monoisotopic (exact) mass is 677 g/mol. The van der Waals surface area contributed by atoms with Gasteiger partial charge in [0.05, 0.1) is 18.3 Å². The summed E-state index contributed by atoms with van der Waals surface area (Å²) < 4.78 is 0. The molecule has 11 nitrogen and oxygen atoms in total. The second kappa shape index (κ2) is 15.3. The molecule has 0 aromatic heterocycles. The van der Waals surface area contributed by atoms with E-state index < -0.39 is 41.2 Å². The van der Waals surface area contributed by atoms with Crippen LogP contribution in [0.15, 0.2) is 59.8 Å². The van der Waals surface area contributed by atoms with Crippen molar-refractivity contribution in [3.05, 3.63) is 70.7 Å². The fourth-order valence-corrected chi connectivity index (χ4v) is 6.50. The van der Waals surface area contributed by atoms with Gasteiger partial charge in [-0.25, -0.2) is 0 Å². The fraction of sp³-hybridized carbons (Fsp3) is 0.500. The van der Waals surface area contributed by atoms with Gasteiger partial charge >= 0.3 is 0 Å². The Balaban J connectivity index is 1.35. The van der Waals surface area contributed by atoms with Crippen LogP contribution in [0.3, 0.4) is 0 Å². The average Bonchev–Trinajstić information content (AvgIpc) is 3.66. The molecule has 0 bridgehead atoms. The molecule has 0 unspecified atom stereocenters. The third kappa shape index (κ3) is 8.61. The van der Waals surface area contributed by atoms with Crippen LogP contribution in [0.2, 0.25) is 5.02 Å². The van der Waals surface area contributed by atoms with Crippen LogP contribution in [-0.2, 0) is 35.4 Å². The van der Waals surface area contributed by atoms with E-state index in [1.54, 1.807) is 12.1 Å². The molecule has 256 valence electrons. The number of Topliss-reactive ketones (excluding diaryl/α,β-unsaturated/α-hetero) is 1. The number of hydrogen-bond acceptors (Lipinski definition) is 7. The molecule has 1 aliphatic carbocycles. The fourth-order valence-electron chi connectivity index (χ4n) is 6.31. The number of rotatable bonds is 14. The highest BCUT2D eigenvalue weighted by atomic mass is 35.5. The van der Waals surface area contributed by atoms with Crippen molar-refractivity contribution < 1.29 is 28.8 Å². The first-order chi connectivity index (χ1) is 23.0. The number of carbonyl (C=O) groups is 5. The zero-order chi connectivity index (χ0) is 34.4. The first-order valence-corrected chi connectivity index (χ1v) is 17.1. The Morgan fingerprint density at radius 2 is 1.81 bits per heavy atom. The SMILES string of the molecule is CCC[C@H](NC(=O)[C@@H]1C[C@]2(CC(c3cccc(Cl)c3)=NO2)CN1C(=O)[C@@H](CC(=O)NCc1ccccc1)C(C)C)C(=O)C(=O)NC1CC1. The molecule has 2 heterocycles. The van der Waals surface area contributed by atoms with Gasteiger partial charge in [-0.15, -0.1) is 0 Å². The molecule has 2 aliphatic heterocycles. The number of halogens is 1. The van der Waals surface area contributed by atoms with E-state index in [2.05, 4.69) is 21.1 Å². The van der Waals surface area contributed by atoms with Crippen molar-refractivity contribution in [2.24, 2.45) is 17.0 Å². The van der Waals surface area contributed by atoms with Gasteiger partial charge in [0.2, 0.25) is 23.5 Å². The Labute approximate surface area is 286 Å². The standard InChI is InChI=1S/C36H44ClN5O6/c1-4-9-28(32(44)34(46)39-26-14-15-26)40-33(45)30-19-36(18-29(41-48-36)24-12-8-13-25(37)16-24)21-42(30)35(47)27(22(2)3)17-31(43)38-20-23-10-6-5-7-11-23/h5-8,10-13,16,22,26-28,30H,4,9,14-15,17-21H2,1-3H3,(H,38,43)(H,39,46)(H,40,45)/t27-,28-,30-,36+/m0/s1. The molecule has 1 saturated carbocycles. The van der Waals surface area contributed by atoms with E-state index in [1.807, 2.05) is 63.2 Å². The summed E-state index contributed by atoms with van der Waals surface area (Å²) in [6.45, 7) is 5.99. The zero-order valence-corrected chi connectivity index (χ0v) is 28.4. The van der Waals surface area contributed by atoms with Crippen LogP contribution < -0.4 is 16.0 Å². The van der Waals surface area contributed by atoms with E-state index in [1.165, 1.54) is 4.90 Å². The molecule has 4 amide bonds. The van der Waals surface area contributed by atoms with E-state index in [4.69, 9.17) is 16.4 Å². The number of oxime groups is 1. The normalized spacial score (nSPS) is 21.3. The maximum atomic E-state index is 14.4. The lowest BCUT2D eigenvalue weighted by Crippen LogP contribution is -2.54. The first kappa shape index (κ1) is 35.1. The Bertz CT molecular complexity index is 1560. The summed E-state index contributed by atoms with van der Waals surface area (Å²) in [4.78, 5) is 74.7. The van der Waals surface area contributed by atoms with Gasteiger partial charge in [-0.2, -0.15) is 0 Å². The molecule has 1 saturated heterocycles. The third-order valence-corrected chi connectivity index (χ3v) is 9.42. The van der Waals surface area contributed by atoms with Crippen LogP contribution >= 0.6 is 11.6 Å². The summed E-state index contributed by atoms with van der Waals surface area (Å²) in [7, 11) is 0. The van der Waals surface area contributed by atoms with Gasteiger partial charge in [0.25, 0.3) is 5.91 Å². The number of carbonyl (C=O) groups excluding carboxylic acids is 5. The van der Waals surface area contributed by atoms with Gasteiger partial charge in [0, 0.05) is 48.4 Å². The highest BCUT2D eigenvalue weighted by Crippen LogP contribution is 2.40. The van der Waals surface area contributed by atoms with Crippen molar-refractivity contribution in [3.63, 3.8) is 0 Å². The van der Waals surface area contributed by atoms with Gasteiger partial charge in [-0.1, -0.05) is 86.4 Å². The van der Waals surface area contributed by atoms with Crippen LogP contribution in [0.1, 0.15) is 76.8 Å². The molecule has 3 N–H and O–H groups in total. The second-order valence-electron chi connectivity index (χ2n) is 13.5. The molecular formula is C36H44ClN5O6. The van der Waals surface area contributed by atoms with E-state index in [0.29, 0.717) is 30.1 Å².